The van der Waals surface area contributed by atoms with E-state index in [1.807, 2.05) is 11.3 Å². The summed E-state index contributed by atoms with van der Waals surface area (Å²) in [4.78, 5) is 3.71. The van der Waals surface area contributed by atoms with Crippen LogP contribution in [0.3, 0.4) is 0 Å². The van der Waals surface area contributed by atoms with Crippen LogP contribution in [0.5, 0.6) is 0 Å². The summed E-state index contributed by atoms with van der Waals surface area (Å²) in [5.41, 5.74) is 14.4. The van der Waals surface area contributed by atoms with Gasteiger partial charge in [-0.05, 0) is 121 Å². The number of thiophene rings is 1. The van der Waals surface area contributed by atoms with Crippen molar-refractivity contribution in [2.24, 2.45) is 0 Å². The van der Waals surface area contributed by atoms with Crippen LogP contribution in [0.2, 0.25) is 0 Å². The number of benzene rings is 9. The average Bonchev–Trinajstić information content (AvgIpc) is 3.81. The highest BCUT2D eigenvalue weighted by Gasteiger charge is 2.48. The van der Waals surface area contributed by atoms with Gasteiger partial charge in [-0.25, -0.2) is 0 Å². The zero-order chi connectivity index (χ0) is 37.8. The standard InChI is InChI=1S/C55H37NS/c1-5-15-38(16-6-1)39-27-31-47(32-28-39)56(46-21-11-4-12-22-46)48-33-29-41-35-40(25-26-42(41)36-48)43-30-34-49-51(37-43)55(44-17-7-2-8-18-44,45-19-9-3-10-20-45)53-50-23-13-14-24-52(50)57-54(49)53/h1-37H. The van der Waals surface area contributed by atoms with Gasteiger partial charge in [0, 0.05) is 26.6 Å². The molecule has 57 heavy (non-hydrogen) atoms. The van der Waals surface area contributed by atoms with E-state index in [4.69, 9.17) is 0 Å². The topological polar surface area (TPSA) is 3.24 Å². The highest BCUT2D eigenvalue weighted by Crippen LogP contribution is 2.61. The van der Waals surface area contributed by atoms with Crippen LogP contribution < -0.4 is 4.90 Å². The number of hydrogen-bond donors (Lipinski definition) is 0. The second-order valence-electron chi connectivity index (χ2n) is 14.9. The monoisotopic (exact) mass is 743 g/mol. The van der Waals surface area contributed by atoms with Crippen molar-refractivity contribution in [3.05, 3.63) is 247 Å². The minimum atomic E-state index is -0.450. The predicted molar refractivity (Wildman–Crippen MR) is 242 cm³/mol. The van der Waals surface area contributed by atoms with E-state index in [9.17, 15) is 0 Å². The number of rotatable bonds is 7. The van der Waals surface area contributed by atoms with Gasteiger partial charge in [-0.1, -0.05) is 170 Å². The summed E-state index contributed by atoms with van der Waals surface area (Å²) in [7, 11) is 0. The van der Waals surface area contributed by atoms with Gasteiger partial charge < -0.3 is 4.90 Å². The smallest absolute Gasteiger partial charge is 0.0728 e. The Morgan fingerprint density at radius 1 is 0.368 bits per heavy atom. The number of fused-ring (bicyclic) bond motifs is 6. The van der Waals surface area contributed by atoms with Crippen molar-refractivity contribution in [3.8, 4) is 32.7 Å². The molecule has 1 nitrogen and oxygen atoms in total. The van der Waals surface area contributed by atoms with Crippen LogP contribution in [-0.4, -0.2) is 0 Å². The first kappa shape index (κ1) is 33.3. The van der Waals surface area contributed by atoms with E-state index >= 15 is 0 Å². The summed E-state index contributed by atoms with van der Waals surface area (Å²) in [5.74, 6) is 0. The number of nitrogens with zero attached hydrogens (tertiary/aromatic N) is 1. The summed E-state index contributed by atoms with van der Waals surface area (Å²) in [5, 5.41) is 3.75. The van der Waals surface area contributed by atoms with E-state index in [-0.39, 0.29) is 0 Å². The first-order valence-electron chi connectivity index (χ1n) is 19.6. The van der Waals surface area contributed by atoms with Gasteiger partial charge >= 0.3 is 0 Å². The zero-order valence-corrected chi connectivity index (χ0v) is 32.0. The van der Waals surface area contributed by atoms with Gasteiger partial charge in [0.25, 0.3) is 0 Å². The molecule has 10 aromatic rings. The zero-order valence-electron chi connectivity index (χ0n) is 31.2. The van der Waals surface area contributed by atoms with Crippen molar-refractivity contribution in [2.45, 2.75) is 5.41 Å². The molecule has 1 heterocycles. The summed E-state index contributed by atoms with van der Waals surface area (Å²) >= 11 is 1.92. The van der Waals surface area contributed by atoms with E-state index in [1.54, 1.807) is 0 Å². The number of anilines is 3. The maximum atomic E-state index is 2.47. The molecule has 0 aliphatic heterocycles. The Bertz CT molecular complexity index is 3000. The lowest BCUT2D eigenvalue weighted by Crippen LogP contribution is -2.28. The van der Waals surface area contributed by atoms with Crippen LogP contribution in [0.15, 0.2) is 224 Å². The Morgan fingerprint density at radius 2 is 0.877 bits per heavy atom. The molecule has 0 atom stereocenters. The minimum Gasteiger partial charge on any atom is -0.310 e. The first-order chi connectivity index (χ1) is 28.3. The molecule has 0 bridgehead atoms. The first-order valence-corrected chi connectivity index (χ1v) is 20.4. The van der Waals surface area contributed by atoms with Gasteiger partial charge in [0.05, 0.1) is 5.41 Å². The Labute approximate surface area is 337 Å². The lowest BCUT2D eigenvalue weighted by atomic mass is 9.67. The molecule has 0 saturated carbocycles. The molecule has 1 aliphatic rings. The predicted octanol–water partition coefficient (Wildman–Crippen LogP) is 15.2. The highest BCUT2D eigenvalue weighted by molar-refractivity contribution is 7.22. The Balaban J connectivity index is 1.03. The van der Waals surface area contributed by atoms with Crippen molar-refractivity contribution in [1.29, 1.82) is 0 Å². The number of hydrogen-bond acceptors (Lipinski definition) is 2. The van der Waals surface area contributed by atoms with Crippen LogP contribution in [-0.2, 0) is 5.41 Å². The third-order valence-corrected chi connectivity index (χ3v) is 12.9. The lowest BCUT2D eigenvalue weighted by Gasteiger charge is -2.34. The van der Waals surface area contributed by atoms with Gasteiger partial charge in [0.15, 0.2) is 0 Å². The molecule has 0 radical (unpaired) electrons. The summed E-state index contributed by atoms with van der Waals surface area (Å²) in [6.07, 6.45) is 0. The van der Waals surface area contributed by atoms with E-state index < -0.39 is 5.41 Å². The van der Waals surface area contributed by atoms with Crippen LogP contribution in [0.1, 0.15) is 22.3 Å². The molecule has 0 fully saturated rings. The third-order valence-electron chi connectivity index (χ3n) is 11.7. The molecule has 0 spiro atoms. The van der Waals surface area contributed by atoms with Gasteiger partial charge in [-0.15, -0.1) is 11.3 Å². The molecule has 0 unspecified atom stereocenters. The summed E-state index contributed by atoms with van der Waals surface area (Å²) in [6, 6.07) is 82.3. The van der Waals surface area contributed by atoms with E-state index in [0.29, 0.717) is 0 Å². The molecule has 268 valence electrons. The van der Waals surface area contributed by atoms with Crippen molar-refractivity contribution in [2.75, 3.05) is 4.90 Å². The average molecular weight is 744 g/mol. The lowest BCUT2D eigenvalue weighted by molar-refractivity contribution is 0.777. The normalized spacial score (nSPS) is 12.7. The fourth-order valence-corrected chi connectivity index (χ4v) is 10.4. The Kier molecular flexibility index (Phi) is 7.98. The SMILES string of the molecule is c1ccc(-c2ccc(N(c3ccccc3)c3ccc4cc(-c5ccc6c(c5)C(c5ccccc5)(c5ccccc5)c5c-6sc6ccccc56)ccc4c3)cc2)cc1. The third kappa shape index (κ3) is 5.44. The fourth-order valence-electron chi connectivity index (χ4n) is 9.13. The Hall–Kier alpha value is -7.00. The minimum absolute atomic E-state index is 0.450. The fraction of sp³-hybridized carbons (Fsp3) is 0.0182. The van der Waals surface area contributed by atoms with Crippen LogP contribution in [0.25, 0.3) is 53.6 Å². The van der Waals surface area contributed by atoms with Crippen LogP contribution in [0, 0.1) is 0 Å². The van der Waals surface area contributed by atoms with Crippen LogP contribution >= 0.6 is 11.3 Å². The van der Waals surface area contributed by atoms with Gasteiger partial charge in [-0.3, -0.25) is 0 Å². The molecular weight excluding hydrogens is 707 g/mol. The molecule has 2 heteroatoms. The van der Waals surface area contributed by atoms with Crippen LogP contribution in [0.4, 0.5) is 17.1 Å². The van der Waals surface area contributed by atoms with Crippen molar-refractivity contribution in [3.63, 3.8) is 0 Å². The molecular formula is C55H37NS. The molecule has 11 rings (SSSR count). The molecule has 1 aliphatic carbocycles. The van der Waals surface area contributed by atoms with E-state index in [1.165, 1.54) is 75.8 Å². The quantitative estimate of drug-likeness (QED) is 0.157. The molecule has 9 aromatic carbocycles. The van der Waals surface area contributed by atoms with E-state index in [2.05, 4.69) is 229 Å². The van der Waals surface area contributed by atoms with E-state index in [0.717, 1.165) is 17.1 Å². The number of para-hydroxylation sites is 1. The second-order valence-corrected chi connectivity index (χ2v) is 15.9. The maximum Gasteiger partial charge on any atom is 0.0728 e. The largest absolute Gasteiger partial charge is 0.310 e. The van der Waals surface area contributed by atoms with Crippen molar-refractivity contribution < 1.29 is 0 Å². The maximum absolute atomic E-state index is 2.47. The van der Waals surface area contributed by atoms with Gasteiger partial charge in [0.2, 0.25) is 0 Å². The molecule has 0 amide bonds. The molecule has 1 aromatic heterocycles. The Morgan fingerprint density at radius 3 is 1.60 bits per heavy atom. The van der Waals surface area contributed by atoms with Crippen molar-refractivity contribution in [1.82, 2.24) is 0 Å². The second kappa shape index (κ2) is 13.6. The summed E-state index contributed by atoms with van der Waals surface area (Å²) < 4.78 is 1.33. The highest BCUT2D eigenvalue weighted by atomic mass is 32.1. The summed E-state index contributed by atoms with van der Waals surface area (Å²) in [6.45, 7) is 0. The van der Waals surface area contributed by atoms with Gasteiger partial charge in [0.1, 0.15) is 0 Å². The molecule has 0 N–H and O–H groups in total. The van der Waals surface area contributed by atoms with Gasteiger partial charge in [-0.2, -0.15) is 0 Å². The van der Waals surface area contributed by atoms with Crippen molar-refractivity contribution >= 4 is 49.3 Å². The molecule has 0 saturated heterocycles.